The largest absolute Gasteiger partial charge is 0.327 e. The van der Waals surface area contributed by atoms with Crippen molar-refractivity contribution in [1.29, 1.82) is 0 Å². The maximum Gasteiger partial charge on any atom is 0.290 e. The Morgan fingerprint density at radius 2 is 2.40 bits per heavy atom. The summed E-state index contributed by atoms with van der Waals surface area (Å²) in [4.78, 5) is 14.3. The Hall–Kier alpha value is -1.49. The molecule has 1 heterocycles. The molecule has 0 saturated heterocycles. The molecule has 0 radical (unpaired) electrons. The lowest BCUT2D eigenvalue weighted by atomic mass is 10.1. The zero-order valence-corrected chi connectivity index (χ0v) is 8.30. The van der Waals surface area contributed by atoms with Crippen LogP contribution in [0.3, 0.4) is 0 Å². The van der Waals surface area contributed by atoms with Crippen LogP contribution < -0.4 is 5.73 Å². The van der Waals surface area contributed by atoms with Crippen molar-refractivity contribution in [2.24, 2.45) is 11.7 Å². The topological polar surface area (TPSA) is 82.0 Å². The Balaban J connectivity index is 2.15. The van der Waals surface area contributed by atoms with Gasteiger partial charge in [-0.2, -0.15) is 0 Å². The van der Waals surface area contributed by atoms with Gasteiger partial charge in [0.15, 0.2) is 0 Å². The molecule has 0 spiro atoms. The fourth-order valence-corrected chi connectivity index (χ4v) is 1.67. The van der Waals surface area contributed by atoms with E-state index >= 15 is 0 Å². The number of nitrogens with zero attached hydrogens (tertiary/aromatic N) is 2. The Bertz CT molecular complexity index is 377. The summed E-state index contributed by atoms with van der Waals surface area (Å²) in [6.45, 7) is 0. The average Bonchev–Trinajstić information content (AvgIpc) is 3.01. The van der Waals surface area contributed by atoms with E-state index in [1.54, 1.807) is 12.3 Å². The van der Waals surface area contributed by atoms with E-state index in [9.17, 15) is 10.1 Å². The molecule has 80 valence electrons. The molecule has 15 heavy (non-hydrogen) atoms. The second-order valence-corrected chi connectivity index (χ2v) is 3.93. The smallest absolute Gasteiger partial charge is 0.290 e. The Kier molecular flexibility index (Phi) is 2.64. The molecule has 1 aromatic rings. The Morgan fingerprint density at radius 3 is 3.00 bits per heavy atom. The van der Waals surface area contributed by atoms with E-state index in [0.717, 1.165) is 12.8 Å². The van der Waals surface area contributed by atoms with Gasteiger partial charge < -0.3 is 5.73 Å². The van der Waals surface area contributed by atoms with Crippen LogP contribution in [-0.4, -0.2) is 15.9 Å². The van der Waals surface area contributed by atoms with E-state index in [-0.39, 0.29) is 11.7 Å². The van der Waals surface area contributed by atoms with Crippen molar-refractivity contribution in [3.63, 3.8) is 0 Å². The van der Waals surface area contributed by atoms with Gasteiger partial charge in [-0.15, -0.1) is 0 Å². The number of nitro groups is 1. The van der Waals surface area contributed by atoms with Crippen molar-refractivity contribution >= 4 is 5.69 Å². The minimum atomic E-state index is -0.401. The van der Waals surface area contributed by atoms with Gasteiger partial charge in [-0.1, -0.05) is 0 Å². The van der Waals surface area contributed by atoms with Crippen LogP contribution in [0, 0.1) is 16.0 Å². The van der Waals surface area contributed by atoms with Crippen molar-refractivity contribution in [3.05, 3.63) is 34.1 Å². The number of pyridine rings is 1. The third-order valence-electron chi connectivity index (χ3n) is 2.72. The molecular formula is C10H13N3O2. The van der Waals surface area contributed by atoms with Crippen LogP contribution in [0.5, 0.6) is 0 Å². The summed E-state index contributed by atoms with van der Waals surface area (Å²) in [7, 11) is 0. The third-order valence-corrected chi connectivity index (χ3v) is 2.72. The molecule has 0 aliphatic heterocycles. The molecule has 1 saturated carbocycles. The summed E-state index contributed by atoms with van der Waals surface area (Å²) in [5.41, 5.74) is 6.50. The van der Waals surface area contributed by atoms with Gasteiger partial charge in [-0.25, -0.2) is 0 Å². The van der Waals surface area contributed by atoms with Crippen LogP contribution in [0.25, 0.3) is 0 Å². The van der Waals surface area contributed by atoms with Gasteiger partial charge in [-0.05, 0) is 24.8 Å². The number of hydrogen-bond donors (Lipinski definition) is 1. The Labute approximate surface area is 87.5 Å². The summed E-state index contributed by atoms with van der Waals surface area (Å²) < 4.78 is 0. The van der Waals surface area contributed by atoms with E-state index in [2.05, 4.69) is 4.98 Å². The van der Waals surface area contributed by atoms with Crippen molar-refractivity contribution in [2.75, 3.05) is 0 Å². The van der Waals surface area contributed by atoms with Gasteiger partial charge in [-0.3, -0.25) is 15.1 Å². The average molecular weight is 207 g/mol. The number of hydrogen-bond acceptors (Lipinski definition) is 4. The predicted octanol–water partition coefficient (Wildman–Crippen LogP) is 1.27. The molecule has 1 aliphatic carbocycles. The van der Waals surface area contributed by atoms with E-state index in [4.69, 9.17) is 5.73 Å². The first-order valence-electron chi connectivity index (χ1n) is 5.02. The third kappa shape index (κ3) is 2.30. The molecule has 1 fully saturated rings. The van der Waals surface area contributed by atoms with Crippen molar-refractivity contribution in [3.8, 4) is 0 Å². The van der Waals surface area contributed by atoms with Crippen LogP contribution in [0.4, 0.5) is 5.69 Å². The van der Waals surface area contributed by atoms with E-state index < -0.39 is 4.92 Å². The maximum absolute atomic E-state index is 10.7. The van der Waals surface area contributed by atoms with Crippen LogP contribution in [0.15, 0.2) is 18.3 Å². The van der Waals surface area contributed by atoms with Crippen molar-refractivity contribution in [1.82, 2.24) is 4.98 Å². The van der Waals surface area contributed by atoms with Gasteiger partial charge in [0, 0.05) is 24.7 Å². The highest BCUT2D eigenvalue weighted by Gasteiger charge is 2.30. The molecule has 0 aromatic carbocycles. The quantitative estimate of drug-likeness (QED) is 0.595. The predicted molar refractivity (Wildman–Crippen MR) is 55.3 cm³/mol. The fraction of sp³-hybridized carbons (Fsp3) is 0.500. The summed E-state index contributed by atoms with van der Waals surface area (Å²) in [6, 6.07) is 3.06. The monoisotopic (exact) mass is 207 g/mol. The van der Waals surface area contributed by atoms with Crippen LogP contribution >= 0.6 is 0 Å². The van der Waals surface area contributed by atoms with E-state index in [1.165, 1.54) is 6.07 Å². The lowest BCUT2D eigenvalue weighted by Gasteiger charge is -2.08. The molecule has 0 amide bonds. The van der Waals surface area contributed by atoms with E-state index in [1.807, 2.05) is 0 Å². The zero-order chi connectivity index (χ0) is 10.8. The van der Waals surface area contributed by atoms with Crippen molar-refractivity contribution in [2.45, 2.75) is 25.3 Å². The SMILES string of the molecule is NC(Cc1ncccc1[N+](=O)[O-])C1CC1. The molecule has 1 aliphatic rings. The summed E-state index contributed by atoms with van der Waals surface area (Å²) in [5, 5.41) is 10.7. The number of nitrogens with two attached hydrogens (primary N) is 1. The first-order valence-corrected chi connectivity index (χ1v) is 5.02. The molecule has 0 bridgehead atoms. The van der Waals surface area contributed by atoms with Crippen LogP contribution in [0.1, 0.15) is 18.5 Å². The molecule has 2 rings (SSSR count). The lowest BCUT2D eigenvalue weighted by Crippen LogP contribution is -2.25. The molecule has 5 heteroatoms. The summed E-state index contributed by atoms with van der Waals surface area (Å²) in [5.74, 6) is 0.534. The standard InChI is InChI=1S/C10H13N3O2/c11-8(7-3-4-7)6-9-10(13(14)15)2-1-5-12-9/h1-2,5,7-8H,3-4,6,11H2. The molecule has 5 nitrogen and oxygen atoms in total. The van der Waals surface area contributed by atoms with Crippen molar-refractivity contribution < 1.29 is 4.92 Å². The molecule has 1 unspecified atom stereocenters. The highest BCUT2D eigenvalue weighted by Crippen LogP contribution is 2.33. The first kappa shape index (κ1) is 10.0. The second kappa shape index (κ2) is 3.94. The minimum Gasteiger partial charge on any atom is -0.327 e. The molecule has 2 N–H and O–H groups in total. The number of rotatable bonds is 4. The van der Waals surface area contributed by atoms with Gasteiger partial charge in [0.2, 0.25) is 0 Å². The lowest BCUT2D eigenvalue weighted by molar-refractivity contribution is -0.386. The highest BCUT2D eigenvalue weighted by molar-refractivity contribution is 5.34. The van der Waals surface area contributed by atoms with Gasteiger partial charge in [0.1, 0.15) is 5.69 Å². The Morgan fingerprint density at radius 1 is 1.67 bits per heavy atom. The normalized spacial score (nSPS) is 17.4. The number of aromatic nitrogens is 1. The zero-order valence-electron chi connectivity index (χ0n) is 8.30. The second-order valence-electron chi connectivity index (χ2n) is 3.93. The highest BCUT2D eigenvalue weighted by atomic mass is 16.6. The van der Waals surface area contributed by atoms with Gasteiger partial charge in [0.25, 0.3) is 5.69 Å². The summed E-state index contributed by atoms with van der Waals surface area (Å²) in [6.07, 6.45) is 4.35. The van der Waals surface area contributed by atoms with Gasteiger partial charge >= 0.3 is 0 Å². The summed E-state index contributed by atoms with van der Waals surface area (Å²) >= 11 is 0. The fourth-order valence-electron chi connectivity index (χ4n) is 1.67. The minimum absolute atomic E-state index is 0.0126. The van der Waals surface area contributed by atoms with Gasteiger partial charge in [0.05, 0.1) is 4.92 Å². The van der Waals surface area contributed by atoms with E-state index in [0.29, 0.717) is 18.0 Å². The molecule has 1 aromatic heterocycles. The molecule has 1 atom stereocenters. The first-order chi connectivity index (χ1) is 7.18. The molecular weight excluding hydrogens is 194 g/mol. The van der Waals surface area contributed by atoms with Crippen LogP contribution in [0.2, 0.25) is 0 Å². The van der Waals surface area contributed by atoms with Crippen LogP contribution in [-0.2, 0) is 6.42 Å². The maximum atomic E-state index is 10.7.